The Labute approximate surface area is 140 Å². The van der Waals surface area contributed by atoms with Gasteiger partial charge in [-0.05, 0) is 38.8 Å². The first-order valence-electron chi connectivity index (χ1n) is 8.09. The van der Waals surface area contributed by atoms with E-state index in [-0.39, 0.29) is 10.8 Å². The molecular weight excluding hydrogens is 312 g/mol. The van der Waals surface area contributed by atoms with Gasteiger partial charge in [-0.15, -0.1) is 0 Å². The Kier molecular flexibility index (Phi) is 4.99. The predicted molar refractivity (Wildman–Crippen MR) is 90.6 cm³/mol. The van der Waals surface area contributed by atoms with Crippen LogP contribution in [0.15, 0.2) is 22.6 Å². The van der Waals surface area contributed by atoms with Crippen LogP contribution < -0.4 is 4.87 Å². The molecule has 0 bridgehead atoms. The number of thiazole rings is 1. The smallest absolute Gasteiger partial charge is 0.307 e. The Morgan fingerprint density at radius 1 is 1.39 bits per heavy atom. The highest BCUT2D eigenvalue weighted by atomic mass is 32.1. The summed E-state index contributed by atoms with van der Waals surface area (Å²) in [4.78, 5) is 18.5. The second-order valence-corrected chi connectivity index (χ2v) is 7.14. The van der Waals surface area contributed by atoms with Gasteiger partial charge in [0.05, 0.1) is 0 Å². The first kappa shape index (κ1) is 16.4. The Balaban J connectivity index is 1.51. The van der Waals surface area contributed by atoms with E-state index < -0.39 is 6.10 Å². The zero-order chi connectivity index (χ0) is 16.4. The number of hydrogen-bond acceptors (Lipinski definition) is 5. The van der Waals surface area contributed by atoms with E-state index in [1.807, 2.05) is 34.7 Å². The number of aliphatic hydroxyl groups excluding tert-OH is 1. The van der Waals surface area contributed by atoms with Crippen molar-refractivity contribution >= 4 is 11.3 Å². The third-order valence-electron chi connectivity index (χ3n) is 4.82. The second kappa shape index (κ2) is 6.98. The average Bonchev–Trinajstić information content (AvgIpc) is 3.11. The molecule has 0 aliphatic carbocycles. The molecule has 126 valence electrons. The molecule has 1 aliphatic rings. The first-order valence-corrected chi connectivity index (χ1v) is 8.97. The Bertz CT molecular complexity index is 697. The number of nitrogens with zero attached hydrogens (tertiary/aromatic N) is 4. The molecule has 1 aliphatic heterocycles. The van der Waals surface area contributed by atoms with Crippen LogP contribution in [0, 0.1) is 12.8 Å². The fourth-order valence-corrected chi connectivity index (χ4v) is 4.04. The minimum Gasteiger partial charge on any atom is -0.385 e. The van der Waals surface area contributed by atoms with E-state index in [0.29, 0.717) is 0 Å². The number of imidazole rings is 1. The molecular formula is C16H24N4O2S. The molecule has 6 nitrogen and oxygen atoms in total. The van der Waals surface area contributed by atoms with E-state index in [2.05, 4.69) is 9.88 Å². The van der Waals surface area contributed by atoms with Crippen molar-refractivity contribution in [3.05, 3.63) is 39.0 Å². The number of hydrogen-bond donors (Lipinski definition) is 1. The van der Waals surface area contributed by atoms with Gasteiger partial charge in [0.1, 0.15) is 11.9 Å². The standard InChI is InChI=1S/C16H24N4O2S/c1-12-11-23-16(22)20(12)10-9-19-6-3-13(4-7-19)14(21)15-17-5-8-18(15)2/h5,8,11,13-14,21H,3-4,6-7,9-10H2,1-2H3. The highest BCUT2D eigenvalue weighted by Gasteiger charge is 2.28. The van der Waals surface area contributed by atoms with E-state index in [1.165, 1.54) is 11.3 Å². The van der Waals surface area contributed by atoms with Crippen LogP contribution in [0.25, 0.3) is 0 Å². The molecule has 0 radical (unpaired) electrons. The molecule has 0 saturated carbocycles. The Hall–Kier alpha value is -1.44. The van der Waals surface area contributed by atoms with Gasteiger partial charge in [-0.1, -0.05) is 11.3 Å². The van der Waals surface area contributed by atoms with Gasteiger partial charge < -0.3 is 19.1 Å². The fraction of sp³-hybridized carbons (Fsp3) is 0.625. The molecule has 1 fully saturated rings. The van der Waals surface area contributed by atoms with Gasteiger partial charge in [-0.3, -0.25) is 4.79 Å². The first-order chi connectivity index (χ1) is 11.1. The van der Waals surface area contributed by atoms with Gasteiger partial charge in [0, 0.05) is 43.6 Å². The zero-order valence-electron chi connectivity index (χ0n) is 13.7. The summed E-state index contributed by atoms with van der Waals surface area (Å²) in [6, 6.07) is 0. The molecule has 2 aromatic rings. The summed E-state index contributed by atoms with van der Waals surface area (Å²) >= 11 is 1.27. The monoisotopic (exact) mass is 336 g/mol. The number of aromatic nitrogens is 3. The lowest BCUT2D eigenvalue weighted by Crippen LogP contribution is -2.38. The minimum atomic E-state index is -0.487. The van der Waals surface area contributed by atoms with Gasteiger partial charge in [-0.2, -0.15) is 0 Å². The number of rotatable bonds is 5. The summed E-state index contributed by atoms with van der Waals surface area (Å²) in [6.07, 6.45) is 5.04. The van der Waals surface area contributed by atoms with Crippen LogP contribution in [0.2, 0.25) is 0 Å². The lowest BCUT2D eigenvalue weighted by Gasteiger charge is -2.34. The van der Waals surface area contributed by atoms with Crippen molar-refractivity contribution in [2.24, 2.45) is 13.0 Å². The van der Waals surface area contributed by atoms with Crippen LogP contribution in [0.1, 0.15) is 30.5 Å². The van der Waals surface area contributed by atoms with E-state index >= 15 is 0 Å². The lowest BCUT2D eigenvalue weighted by molar-refractivity contribution is 0.0502. The van der Waals surface area contributed by atoms with Crippen molar-refractivity contribution in [1.29, 1.82) is 0 Å². The molecule has 2 aromatic heterocycles. The van der Waals surface area contributed by atoms with Crippen LogP contribution >= 0.6 is 11.3 Å². The van der Waals surface area contributed by atoms with Gasteiger partial charge >= 0.3 is 4.87 Å². The van der Waals surface area contributed by atoms with Gasteiger partial charge in [0.2, 0.25) is 0 Å². The summed E-state index contributed by atoms with van der Waals surface area (Å²) in [7, 11) is 1.92. The highest BCUT2D eigenvalue weighted by molar-refractivity contribution is 7.07. The van der Waals surface area contributed by atoms with E-state index in [1.54, 1.807) is 6.20 Å². The average molecular weight is 336 g/mol. The van der Waals surface area contributed by atoms with Crippen molar-refractivity contribution in [3.8, 4) is 0 Å². The SMILES string of the molecule is Cc1csc(=O)n1CCN1CCC(C(O)c2nccn2C)CC1. The van der Waals surface area contributed by atoms with Crippen molar-refractivity contribution in [2.75, 3.05) is 19.6 Å². The molecule has 1 N–H and O–H groups in total. The normalized spacial score (nSPS) is 18.4. The molecule has 0 amide bonds. The predicted octanol–water partition coefficient (Wildman–Crippen LogP) is 1.40. The molecule has 3 rings (SSSR count). The van der Waals surface area contributed by atoms with Crippen LogP contribution in [-0.2, 0) is 13.6 Å². The maximum atomic E-state index is 11.7. The Morgan fingerprint density at radius 2 is 2.13 bits per heavy atom. The fourth-order valence-electron chi connectivity index (χ4n) is 3.28. The summed E-state index contributed by atoms with van der Waals surface area (Å²) in [5.74, 6) is 1.02. The highest BCUT2D eigenvalue weighted by Crippen LogP contribution is 2.29. The van der Waals surface area contributed by atoms with Crippen molar-refractivity contribution in [2.45, 2.75) is 32.4 Å². The van der Waals surface area contributed by atoms with Crippen molar-refractivity contribution in [3.63, 3.8) is 0 Å². The summed E-state index contributed by atoms with van der Waals surface area (Å²) in [6.45, 7) is 5.55. The van der Waals surface area contributed by atoms with Gasteiger partial charge in [0.25, 0.3) is 0 Å². The number of aliphatic hydroxyl groups is 1. The molecule has 1 unspecified atom stereocenters. The van der Waals surface area contributed by atoms with Gasteiger partial charge in [0.15, 0.2) is 0 Å². The lowest BCUT2D eigenvalue weighted by atomic mass is 9.90. The van der Waals surface area contributed by atoms with Crippen molar-refractivity contribution in [1.82, 2.24) is 19.0 Å². The zero-order valence-corrected chi connectivity index (χ0v) is 14.5. The van der Waals surface area contributed by atoms with Gasteiger partial charge in [-0.25, -0.2) is 4.98 Å². The van der Waals surface area contributed by atoms with E-state index in [4.69, 9.17) is 0 Å². The molecule has 7 heteroatoms. The molecule has 0 aromatic carbocycles. The second-order valence-electron chi connectivity index (χ2n) is 6.31. The summed E-state index contributed by atoms with van der Waals surface area (Å²) < 4.78 is 3.74. The largest absolute Gasteiger partial charge is 0.385 e. The molecule has 1 atom stereocenters. The topological polar surface area (TPSA) is 63.3 Å². The quantitative estimate of drug-likeness (QED) is 0.896. The van der Waals surface area contributed by atoms with E-state index in [0.717, 1.165) is 50.5 Å². The van der Waals surface area contributed by atoms with Crippen LogP contribution in [0.4, 0.5) is 0 Å². The Morgan fingerprint density at radius 3 is 2.70 bits per heavy atom. The maximum absolute atomic E-state index is 11.7. The van der Waals surface area contributed by atoms with Crippen LogP contribution in [-0.4, -0.2) is 43.8 Å². The minimum absolute atomic E-state index is 0.127. The molecule has 0 spiro atoms. The van der Waals surface area contributed by atoms with Crippen LogP contribution in [0.5, 0.6) is 0 Å². The third kappa shape index (κ3) is 3.57. The molecule has 1 saturated heterocycles. The molecule has 23 heavy (non-hydrogen) atoms. The maximum Gasteiger partial charge on any atom is 0.307 e. The molecule has 3 heterocycles. The van der Waals surface area contributed by atoms with Crippen molar-refractivity contribution < 1.29 is 5.11 Å². The van der Waals surface area contributed by atoms with E-state index in [9.17, 15) is 9.90 Å². The third-order valence-corrected chi connectivity index (χ3v) is 5.70. The summed E-state index contributed by atoms with van der Waals surface area (Å²) in [5.41, 5.74) is 1.04. The number of likely N-dealkylation sites (tertiary alicyclic amines) is 1. The summed E-state index contributed by atoms with van der Waals surface area (Å²) in [5, 5.41) is 12.4. The number of piperidine rings is 1. The number of aryl methyl sites for hydroxylation is 2. The van der Waals surface area contributed by atoms with Crippen LogP contribution in [0.3, 0.4) is 0 Å².